The first-order chi connectivity index (χ1) is 26.4. The Morgan fingerprint density at radius 1 is 0.800 bits per heavy atom. The summed E-state index contributed by atoms with van der Waals surface area (Å²) in [6, 6.07) is 32.8. The highest BCUT2D eigenvalue weighted by molar-refractivity contribution is 6.99. The van der Waals surface area contributed by atoms with Crippen LogP contribution in [0.1, 0.15) is 85.6 Å². The van der Waals surface area contributed by atoms with Crippen LogP contribution in [0.25, 0.3) is 0 Å². The van der Waals surface area contributed by atoms with E-state index in [-0.39, 0.29) is 29.5 Å². The van der Waals surface area contributed by atoms with Gasteiger partial charge in [0.05, 0.1) is 50.8 Å². The Hall–Kier alpha value is -2.61. The highest BCUT2D eigenvalue weighted by atomic mass is 28.4. The van der Waals surface area contributed by atoms with Crippen LogP contribution in [0.3, 0.4) is 0 Å². The van der Waals surface area contributed by atoms with Gasteiger partial charge in [0.2, 0.25) is 0 Å². The summed E-state index contributed by atoms with van der Waals surface area (Å²) in [5, 5.41) is 14.2. The summed E-state index contributed by atoms with van der Waals surface area (Å²) in [6.07, 6.45) is 3.08. The molecule has 0 aliphatic carbocycles. The first-order valence-corrected chi connectivity index (χ1v) is 25.2. The molecule has 2 fully saturated rings. The maximum absolute atomic E-state index is 11.8. The minimum Gasteiger partial charge on any atom is -0.497 e. The van der Waals surface area contributed by atoms with Crippen molar-refractivity contribution in [2.75, 3.05) is 20.3 Å². The SMILES string of the molecule is C=C1C[C@H](C[C@@H]2C[C@@H](O[Si](c3ccccc3)(c3ccccc3)C(C)(C)C)C[C@H]([C@@H](O)CO[Si](CC)(CC)CC)O2)O[C@@H](CCOCc2ccc(OC)cc2)C1. The van der Waals surface area contributed by atoms with Gasteiger partial charge >= 0.3 is 0 Å². The molecule has 3 aromatic rings. The quantitative estimate of drug-likeness (QED) is 0.0739. The van der Waals surface area contributed by atoms with Crippen molar-refractivity contribution in [3.05, 3.63) is 103 Å². The lowest BCUT2D eigenvalue weighted by molar-refractivity contribution is -0.158. The van der Waals surface area contributed by atoms with E-state index < -0.39 is 28.8 Å². The minimum atomic E-state index is -2.85. The van der Waals surface area contributed by atoms with Crippen molar-refractivity contribution < 1.29 is 32.9 Å². The molecule has 9 heteroatoms. The molecular weight excluding hydrogens is 721 g/mol. The van der Waals surface area contributed by atoms with Gasteiger partial charge in [-0.2, -0.15) is 0 Å². The van der Waals surface area contributed by atoms with Crippen LogP contribution in [-0.4, -0.2) is 78.7 Å². The van der Waals surface area contributed by atoms with Crippen LogP contribution >= 0.6 is 0 Å². The molecule has 0 bridgehead atoms. The lowest BCUT2D eigenvalue weighted by atomic mass is 9.91. The Morgan fingerprint density at radius 3 is 1.96 bits per heavy atom. The summed E-state index contributed by atoms with van der Waals surface area (Å²) < 4.78 is 39.3. The highest BCUT2D eigenvalue weighted by Gasteiger charge is 2.52. The number of methoxy groups -OCH3 is 1. The fourth-order valence-electron chi connectivity index (χ4n) is 8.69. The molecule has 2 aliphatic rings. The van der Waals surface area contributed by atoms with Crippen molar-refractivity contribution in [3.63, 3.8) is 0 Å². The summed E-state index contributed by atoms with van der Waals surface area (Å²) in [5.74, 6) is 0.842. The van der Waals surface area contributed by atoms with Gasteiger partial charge in [0.15, 0.2) is 8.32 Å². The average molecular weight is 789 g/mol. The number of rotatable bonds is 19. The van der Waals surface area contributed by atoms with Gasteiger partial charge in [-0.15, -0.1) is 0 Å². The van der Waals surface area contributed by atoms with Gasteiger partial charge in [-0.25, -0.2) is 0 Å². The Balaban J connectivity index is 1.34. The molecule has 0 radical (unpaired) electrons. The standard InChI is InChI=1S/C46H68O7Si2/c1-9-54(10-2,11-3)50-34-44(47)45-32-41(53-55(46(5,6)7,42-18-14-12-15-19-42)43-20-16-13-17-21-43)31-40(52-45)30-39-29-35(4)28-38(51-39)26-27-49-33-36-22-24-37(48-8)25-23-36/h12-25,38-41,44-45,47H,4,9-11,26-34H2,1-3,5-8H3/t38-,39+,40+,41+,44-,45+/m0/s1. The Kier molecular flexibility index (Phi) is 16.0. The van der Waals surface area contributed by atoms with Crippen molar-refractivity contribution in [1.82, 2.24) is 0 Å². The summed E-state index contributed by atoms with van der Waals surface area (Å²) >= 11 is 0. The first-order valence-electron chi connectivity index (χ1n) is 20.7. The zero-order valence-electron chi connectivity index (χ0n) is 34.6. The van der Waals surface area contributed by atoms with Crippen LogP contribution in [0.15, 0.2) is 97.1 Å². The maximum atomic E-state index is 11.8. The molecular formula is C46H68O7Si2. The van der Waals surface area contributed by atoms with Crippen molar-refractivity contribution in [2.45, 2.75) is 146 Å². The normalized spacial score (nSPS) is 23.1. The number of aliphatic hydroxyl groups excluding tert-OH is 1. The zero-order chi connectivity index (χ0) is 39.5. The van der Waals surface area contributed by atoms with Crippen molar-refractivity contribution in [1.29, 1.82) is 0 Å². The van der Waals surface area contributed by atoms with E-state index >= 15 is 0 Å². The predicted molar refractivity (Wildman–Crippen MR) is 228 cm³/mol. The third kappa shape index (κ3) is 11.3. The highest BCUT2D eigenvalue weighted by Crippen LogP contribution is 2.41. The second-order valence-corrected chi connectivity index (χ2v) is 25.8. The molecule has 0 aromatic heterocycles. The molecule has 0 unspecified atom stereocenters. The lowest BCUT2D eigenvalue weighted by Gasteiger charge is -2.48. The van der Waals surface area contributed by atoms with Crippen LogP contribution in [0.5, 0.6) is 5.75 Å². The molecule has 3 aromatic carbocycles. The molecule has 2 aliphatic heterocycles. The monoisotopic (exact) mass is 788 g/mol. The van der Waals surface area contributed by atoms with E-state index in [2.05, 4.69) is 109 Å². The molecule has 2 saturated heterocycles. The third-order valence-electron chi connectivity index (χ3n) is 12.0. The number of benzene rings is 3. The largest absolute Gasteiger partial charge is 0.497 e. The third-order valence-corrected chi connectivity index (χ3v) is 21.8. The second kappa shape index (κ2) is 20.2. The molecule has 7 nitrogen and oxygen atoms in total. The van der Waals surface area contributed by atoms with E-state index in [4.69, 9.17) is 27.8 Å². The van der Waals surface area contributed by atoms with Gasteiger partial charge < -0.3 is 32.9 Å². The van der Waals surface area contributed by atoms with Gasteiger partial charge in [-0.3, -0.25) is 0 Å². The van der Waals surface area contributed by atoms with E-state index in [1.165, 1.54) is 15.9 Å². The summed E-state index contributed by atoms with van der Waals surface area (Å²) in [4.78, 5) is 0. The average Bonchev–Trinajstić information content (AvgIpc) is 3.19. The van der Waals surface area contributed by atoms with E-state index in [9.17, 15) is 5.11 Å². The molecule has 5 rings (SSSR count). The van der Waals surface area contributed by atoms with E-state index in [1.54, 1.807) is 7.11 Å². The molecule has 1 N–H and O–H groups in total. The predicted octanol–water partition coefficient (Wildman–Crippen LogP) is 8.97. The molecule has 55 heavy (non-hydrogen) atoms. The Bertz CT molecular complexity index is 1530. The summed E-state index contributed by atoms with van der Waals surface area (Å²) in [5.41, 5.74) is 2.32. The van der Waals surface area contributed by atoms with Gasteiger partial charge in [0, 0.05) is 19.4 Å². The van der Waals surface area contributed by atoms with Gasteiger partial charge in [0.25, 0.3) is 8.32 Å². The summed E-state index contributed by atoms with van der Waals surface area (Å²) in [7, 11) is -3.07. The molecule has 2 heterocycles. The number of ether oxygens (including phenoxy) is 4. The second-order valence-electron chi connectivity index (χ2n) is 16.8. The topological polar surface area (TPSA) is 75.6 Å². The Morgan fingerprint density at radius 2 is 1.40 bits per heavy atom. The number of hydrogen-bond acceptors (Lipinski definition) is 7. The summed E-state index contributed by atoms with van der Waals surface area (Å²) in [6.45, 7) is 19.5. The Labute approximate surface area is 334 Å². The van der Waals surface area contributed by atoms with Gasteiger partial charge in [-0.1, -0.05) is 126 Å². The number of aliphatic hydroxyl groups is 1. The maximum Gasteiger partial charge on any atom is 0.261 e. The number of hydrogen-bond donors (Lipinski definition) is 1. The van der Waals surface area contributed by atoms with Gasteiger partial charge in [0.1, 0.15) is 11.9 Å². The zero-order valence-corrected chi connectivity index (χ0v) is 36.6. The van der Waals surface area contributed by atoms with Crippen LogP contribution in [0.4, 0.5) is 0 Å². The smallest absolute Gasteiger partial charge is 0.261 e. The van der Waals surface area contributed by atoms with E-state index in [1.807, 2.05) is 24.3 Å². The molecule has 0 spiro atoms. The van der Waals surface area contributed by atoms with Crippen LogP contribution in [0.2, 0.25) is 23.2 Å². The fraction of sp³-hybridized carbons (Fsp3) is 0.565. The van der Waals surface area contributed by atoms with E-state index in [0.29, 0.717) is 32.7 Å². The minimum absolute atomic E-state index is 0.0289. The lowest BCUT2D eigenvalue weighted by Crippen LogP contribution is -2.68. The molecule has 0 saturated carbocycles. The van der Waals surface area contributed by atoms with Crippen LogP contribution in [-0.2, 0) is 29.7 Å². The van der Waals surface area contributed by atoms with Crippen molar-refractivity contribution in [2.24, 2.45) is 0 Å². The fourth-order valence-corrected chi connectivity index (χ4v) is 16.0. The molecule has 0 amide bonds. The van der Waals surface area contributed by atoms with Crippen LogP contribution < -0.4 is 15.1 Å². The molecule has 302 valence electrons. The van der Waals surface area contributed by atoms with Crippen molar-refractivity contribution in [3.8, 4) is 5.75 Å². The molecule has 6 atom stereocenters. The van der Waals surface area contributed by atoms with E-state index in [0.717, 1.165) is 55.1 Å². The first kappa shape index (κ1) is 43.5. The van der Waals surface area contributed by atoms with Gasteiger partial charge in [-0.05, 0) is 76.9 Å². The van der Waals surface area contributed by atoms with Crippen molar-refractivity contribution >= 4 is 27.0 Å². The van der Waals surface area contributed by atoms with Crippen LogP contribution in [0, 0.1) is 0 Å².